The number of likely N-dealkylation sites (tertiary alicyclic amines) is 2. The van der Waals surface area contributed by atoms with Gasteiger partial charge in [0.25, 0.3) is 0 Å². The van der Waals surface area contributed by atoms with Crippen LogP contribution in [0, 0.1) is 11.3 Å². The molecule has 2 aliphatic heterocycles. The molecule has 2 saturated heterocycles. The number of nitrogens with zero attached hydrogens (tertiary/aromatic N) is 4. The van der Waals surface area contributed by atoms with E-state index in [1.54, 1.807) is 18.0 Å². The van der Waals surface area contributed by atoms with Crippen LogP contribution in [0.25, 0.3) is 0 Å². The first-order valence-corrected chi connectivity index (χ1v) is 16.7. The largest absolute Gasteiger partial charge is 0.510 e. The van der Waals surface area contributed by atoms with Crippen molar-refractivity contribution in [3.8, 4) is 6.07 Å². The topological polar surface area (TPSA) is 146 Å². The number of nitrogens with one attached hydrogen (secondary N) is 1. The third-order valence-corrected chi connectivity index (χ3v) is 10.8. The number of aliphatic hydroxyl groups is 1. The second kappa shape index (κ2) is 12.3. The van der Waals surface area contributed by atoms with Crippen LogP contribution in [0.1, 0.15) is 83.2 Å². The molecule has 4 aliphatic rings. The number of ether oxygens (including phenoxy) is 3. The van der Waals surface area contributed by atoms with Crippen LogP contribution in [0.5, 0.6) is 0 Å². The lowest BCUT2D eigenvalue weighted by atomic mass is 9.61. The highest BCUT2D eigenvalue weighted by Crippen LogP contribution is 2.57. The number of carbonyl (C=O) groups excluding carboxylic acids is 1. The molecule has 1 aromatic heterocycles. The molecular formula is C33H47FN6O5S. The summed E-state index contributed by atoms with van der Waals surface area (Å²) in [6, 6.07) is 2.10. The number of aryl methyl sites for hydroxylation is 1. The SMILES string of the molecule is CN=C(C=C(NC1=C(O)[C@]2(CCCc3sc(N)c(C#N)c32)C1)O[C@@H](C)[C@@H]1C[C@@H](F)CN1C)O[C@@H]1CN(C(=O)OC(C)(C)C)C1(C)C. The van der Waals surface area contributed by atoms with E-state index in [4.69, 9.17) is 19.9 Å². The first-order chi connectivity index (χ1) is 21.5. The number of aliphatic hydroxyl groups excluding tert-OH is 1. The molecule has 0 aromatic carbocycles. The van der Waals surface area contributed by atoms with Gasteiger partial charge >= 0.3 is 6.09 Å². The second-order valence-corrected chi connectivity index (χ2v) is 15.5. The van der Waals surface area contributed by atoms with E-state index in [2.05, 4.69) is 16.4 Å². The lowest BCUT2D eigenvalue weighted by Crippen LogP contribution is -2.70. The lowest BCUT2D eigenvalue weighted by molar-refractivity contribution is -0.106. The van der Waals surface area contributed by atoms with Gasteiger partial charge in [0.2, 0.25) is 5.90 Å². The molecule has 1 aromatic rings. The zero-order chi connectivity index (χ0) is 33.8. The number of hydrogen-bond donors (Lipinski definition) is 3. The number of nitrogen functional groups attached to an aromatic ring is 1. The summed E-state index contributed by atoms with van der Waals surface area (Å²) in [5.41, 5.74) is 6.11. The molecule has 1 amide bonds. The van der Waals surface area contributed by atoms with E-state index in [1.165, 1.54) is 11.3 Å². The van der Waals surface area contributed by atoms with Gasteiger partial charge in [-0.15, -0.1) is 11.3 Å². The molecule has 4 N–H and O–H groups in total. The number of thiophene rings is 1. The summed E-state index contributed by atoms with van der Waals surface area (Å²) in [4.78, 5) is 21.7. The Hall–Kier alpha value is -3.50. The van der Waals surface area contributed by atoms with Crippen molar-refractivity contribution < 1.29 is 28.5 Å². The number of rotatable bonds is 7. The summed E-state index contributed by atoms with van der Waals surface area (Å²) in [6.45, 7) is 11.8. The Morgan fingerprint density at radius 3 is 2.63 bits per heavy atom. The van der Waals surface area contributed by atoms with Crippen molar-refractivity contribution in [3.63, 3.8) is 0 Å². The second-order valence-electron chi connectivity index (χ2n) is 14.4. The van der Waals surface area contributed by atoms with E-state index in [9.17, 15) is 19.6 Å². The third kappa shape index (κ3) is 6.13. The number of hydrogen-bond acceptors (Lipinski definition) is 11. The van der Waals surface area contributed by atoms with Crippen molar-refractivity contribution in [1.29, 1.82) is 5.26 Å². The minimum absolute atomic E-state index is 0.153. The monoisotopic (exact) mass is 658 g/mol. The molecule has 5 rings (SSSR count). The molecule has 2 aliphatic carbocycles. The van der Waals surface area contributed by atoms with Crippen molar-refractivity contribution in [3.05, 3.63) is 39.4 Å². The number of allylic oxidation sites excluding steroid dienone is 2. The van der Waals surface area contributed by atoms with E-state index in [0.717, 1.165) is 23.3 Å². The van der Waals surface area contributed by atoms with Crippen LogP contribution in [-0.4, -0.2) is 89.6 Å². The number of aliphatic imine (C=N–C) groups is 1. The van der Waals surface area contributed by atoms with Crippen LogP contribution < -0.4 is 11.1 Å². The Balaban J connectivity index is 1.39. The fourth-order valence-corrected chi connectivity index (χ4v) is 8.24. The summed E-state index contributed by atoms with van der Waals surface area (Å²) in [5, 5.41) is 25.2. The van der Waals surface area contributed by atoms with Gasteiger partial charge in [0, 0.05) is 36.5 Å². The summed E-state index contributed by atoms with van der Waals surface area (Å²) in [7, 11) is 3.48. The summed E-state index contributed by atoms with van der Waals surface area (Å²) in [5.74, 6) is 0.727. The Labute approximate surface area is 274 Å². The van der Waals surface area contributed by atoms with Crippen molar-refractivity contribution >= 4 is 28.3 Å². The highest BCUT2D eigenvalue weighted by molar-refractivity contribution is 7.16. The van der Waals surface area contributed by atoms with Crippen molar-refractivity contribution in [2.75, 3.05) is 32.9 Å². The smallest absolute Gasteiger partial charge is 0.410 e. The average Bonchev–Trinajstić information content (AvgIpc) is 3.49. The van der Waals surface area contributed by atoms with Gasteiger partial charge < -0.3 is 30.4 Å². The van der Waals surface area contributed by atoms with Gasteiger partial charge in [-0.3, -0.25) is 14.8 Å². The third-order valence-electron chi connectivity index (χ3n) is 9.69. The molecule has 0 saturated carbocycles. The minimum atomic E-state index is -0.933. The van der Waals surface area contributed by atoms with Crippen LogP contribution in [0.2, 0.25) is 0 Å². The van der Waals surface area contributed by atoms with Gasteiger partial charge in [0.1, 0.15) is 40.8 Å². The normalized spacial score (nSPS) is 28.6. The van der Waals surface area contributed by atoms with E-state index >= 15 is 0 Å². The molecule has 3 heterocycles. The van der Waals surface area contributed by atoms with E-state index in [1.807, 2.05) is 53.5 Å². The van der Waals surface area contributed by atoms with Crippen LogP contribution in [0.15, 0.2) is 28.4 Å². The molecule has 1 spiro atoms. The van der Waals surface area contributed by atoms with Crippen LogP contribution in [0.4, 0.5) is 14.2 Å². The Morgan fingerprint density at radius 1 is 1.35 bits per heavy atom. The Kier molecular flexibility index (Phi) is 9.03. The van der Waals surface area contributed by atoms with E-state index in [-0.39, 0.29) is 23.8 Å². The quantitative estimate of drug-likeness (QED) is 0.203. The number of likely N-dealkylation sites (N-methyl/N-ethyl adjacent to an activating group) is 1. The zero-order valence-corrected chi connectivity index (χ0v) is 28.9. The number of alkyl halides is 1. The van der Waals surface area contributed by atoms with Gasteiger partial charge in [0.05, 0.1) is 34.8 Å². The molecule has 252 valence electrons. The zero-order valence-electron chi connectivity index (χ0n) is 28.1. The fourth-order valence-electron chi connectivity index (χ4n) is 7.08. The standard InChI is InChI=1S/C33H47FN6O5S/c1-18(22-12-19(34)16-39(22)8)43-26(13-25(37-7)44-24-17-40(32(24,5)6)30(42)45-31(2,3)4)38-21-14-33(28(21)41)11-9-10-23-27(33)20(15-35)29(36)46-23/h13,18-19,22,24,38,41H,9-12,14,16-17,36H2,1-8H3/t18-,19+,22-,24+,33+/m0/s1. The highest BCUT2D eigenvalue weighted by Gasteiger charge is 2.54. The summed E-state index contributed by atoms with van der Waals surface area (Å²) < 4.78 is 32.5. The molecule has 0 bridgehead atoms. The first-order valence-electron chi connectivity index (χ1n) is 15.9. The van der Waals surface area contributed by atoms with Gasteiger partial charge in [-0.25, -0.2) is 9.18 Å². The van der Waals surface area contributed by atoms with Crippen LogP contribution in [-0.2, 0) is 26.0 Å². The number of nitrogens with two attached hydrogens (primary N) is 1. The van der Waals surface area contributed by atoms with Crippen LogP contribution in [0.3, 0.4) is 0 Å². The van der Waals surface area contributed by atoms with Gasteiger partial charge in [0.15, 0.2) is 5.88 Å². The van der Waals surface area contributed by atoms with E-state index < -0.39 is 34.9 Å². The van der Waals surface area contributed by atoms with E-state index in [0.29, 0.717) is 54.5 Å². The number of fused-ring (bicyclic) bond motifs is 2. The molecule has 13 heteroatoms. The molecule has 46 heavy (non-hydrogen) atoms. The van der Waals surface area contributed by atoms with Crippen molar-refractivity contribution in [2.24, 2.45) is 4.99 Å². The van der Waals surface area contributed by atoms with Crippen molar-refractivity contribution in [2.45, 2.75) is 115 Å². The van der Waals surface area contributed by atoms with Crippen molar-refractivity contribution in [1.82, 2.24) is 15.1 Å². The molecular weight excluding hydrogens is 611 g/mol. The van der Waals surface area contributed by atoms with Gasteiger partial charge in [-0.2, -0.15) is 5.26 Å². The maximum Gasteiger partial charge on any atom is 0.410 e. The number of carbonyl (C=O) groups is 1. The Morgan fingerprint density at radius 2 is 2.07 bits per heavy atom. The predicted octanol–water partition coefficient (Wildman–Crippen LogP) is 5.27. The number of nitriles is 1. The lowest BCUT2D eigenvalue weighted by Gasteiger charge is -2.53. The van der Waals surface area contributed by atoms with Gasteiger partial charge in [-0.1, -0.05) is 0 Å². The number of anilines is 1. The van der Waals surface area contributed by atoms with Gasteiger partial charge in [-0.05, 0) is 74.3 Å². The predicted molar refractivity (Wildman–Crippen MR) is 175 cm³/mol. The molecule has 0 unspecified atom stereocenters. The fraction of sp³-hybridized carbons (Fsp3) is 0.667. The molecule has 5 atom stereocenters. The minimum Gasteiger partial charge on any atom is -0.510 e. The molecule has 11 nitrogen and oxygen atoms in total. The maximum atomic E-state index is 14.3. The number of amides is 1. The number of halogens is 1. The first kappa shape index (κ1) is 33.9. The Bertz CT molecular complexity index is 1510. The molecule has 0 radical (unpaired) electrons. The average molecular weight is 659 g/mol. The highest BCUT2D eigenvalue weighted by atomic mass is 32.1. The molecule has 2 fully saturated rings. The summed E-state index contributed by atoms with van der Waals surface area (Å²) in [6.07, 6.45) is 2.76. The summed E-state index contributed by atoms with van der Waals surface area (Å²) >= 11 is 1.43. The van der Waals surface area contributed by atoms with Crippen LogP contribution >= 0.6 is 11.3 Å². The maximum absolute atomic E-state index is 14.3.